The number of hydrogen-bond acceptors (Lipinski definition) is 9. The molecule has 0 atom stereocenters. The Balaban J connectivity index is 0.00000469. The van der Waals surface area contributed by atoms with Crippen LogP contribution in [0.4, 0.5) is 0 Å². The summed E-state index contributed by atoms with van der Waals surface area (Å²) >= 11 is 0. The maximum atomic E-state index is 14.1. The first-order chi connectivity index (χ1) is 27.9. The van der Waals surface area contributed by atoms with Crippen molar-refractivity contribution < 1.29 is 49.5 Å². The Hall–Kier alpha value is -6.90. The van der Waals surface area contributed by atoms with Gasteiger partial charge in [-0.25, -0.2) is 15.0 Å². The van der Waals surface area contributed by atoms with Crippen LogP contribution in [0.2, 0.25) is 0 Å². The Labute approximate surface area is 348 Å². The summed E-state index contributed by atoms with van der Waals surface area (Å²) in [6.07, 6.45) is 7.82. The number of rotatable bonds is 8. The summed E-state index contributed by atoms with van der Waals surface area (Å²) in [6.45, 7) is 0. The SMILES string of the molecule is COc1ccc(C2=C3C=CC(=N3)C(c3ccc(OC)cc3)=c3ccc([n-]3)=C(c3ccc(OC)cc3)c3nc(c([O-])o3)C(c3ccc(OC)cc3)=C3C=CC2=N3)cc1.[Pt+2]. The summed E-state index contributed by atoms with van der Waals surface area (Å²) in [5, 5.41) is 15.4. The minimum absolute atomic E-state index is 0. The van der Waals surface area contributed by atoms with E-state index in [0.717, 1.165) is 39.3 Å². The van der Waals surface area contributed by atoms with Crippen molar-refractivity contribution in [3.8, 4) is 28.9 Å². The van der Waals surface area contributed by atoms with Crippen molar-refractivity contribution in [1.82, 2.24) is 9.97 Å². The van der Waals surface area contributed by atoms with E-state index in [-0.39, 0.29) is 32.6 Å². The molecule has 5 heterocycles. The quantitative estimate of drug-likeness (QED) is 0.172. The van der Waals surface area contributed by atoms with Gasteiger partial charge in [0.25, 0.3) is 0 Å². The molecular weight excluding hydrogens is 912 g/mol. The summed E-state index contributed by atoms with van der Waals surface area (Å²) in [6, 6.07) is 34.3. The van der Waals surface area contributed by atoms with Gasteiger partial charge in [-0.1, -0.05) is 60.7 Å². The molecule has 11 heteroatoms. The van der Waals surface area contributed by atoms with Gasteiger partial charge in [-0.3, -0.25) is 0 Å². The van der Waals surface area contributed by atoms with Gasteiger partial charge in [-0.05, 0) is 101 Å². The van der Waals surface area contributed by atoms with Gasteiger partial charge in [-0.2, -0.15) is 0 Å². The molecule has 0 fully saturated rings. The van der Waals surface area contributed by atoms with Crippen molar-refractivity contribution in [3.63, 3.8) is 0 Å². The Kier molecular flexibility index (Phi) is 10.4. The van der Waals surface area contributed by atoms with Crippen molar-refractivity contribution in [2.24, 2.45) is 9.98 Å². The summed E-state index contributed by atoms with van der Waals surface area (Å²) in [5.74, 6) is 2.28. The van der Waals surface area contributed by atoms with Crippen LogP contribution >= 0.6 is 0 Å². The normalized spacial score (nSPS) is 14.3. The van der Waals surface area contributed by atoms with Crippen LogP contribution in [0, 0.1) is 0 Å². The number of aliphatic imine (C=N–C) groups is 2. The number of ether oxygens (including phenoxy) is 4. The number of methoxy groups -OCH3 is 4. The molecule has 3 aliphatic rings. The fraction of sp³-hybridized carbons (Fsp3) is 0.0851. The molecule has 2 aromatic heterocycles. The zero-order valence-corrected chi connectivity index (χ0v) is 34.0. The van der Waals surface area contributed by atoms with Gasteiger partial charge in [0.15, 0.2) is 0 Å². The molecule has 0 amide bonds. The molecule has 0 unspecified atom stereocenters. The van der Waals surface area contributed by atoms with Crippen LogP contribution in [-0.4, -0.2) is 44.8 Å². The second kappa shape index (κ2) is 15.9. The van der Waals surface area contributed by atoms with Crippen LogP contribution in [0.25, 0.3) is 22.3 Å². The standard InChI is InChI=1S/C47H35N4O6.Pt/c1-53-31-13-5-27(6-14-31)41-35-21-22-36(48-35)42(28-7-15-32(54-2)16-8-28)38-24-26-40(50-38)44(30-11-19-34(56-4)20-12-30)46-51-45(47(52)57-46)43(39-25-23-37(41)49-39)29-9-17-33(55-3)18-10-29;/h5-26H,1-4H3,(H-,48,49,50,51,52);/q-1;+2/p-1. The average Bonchev–Trinajstić information content (AvgIpc) is 4.09. The molecule has 0 spiro atoms. The number of oxazole rings is 1. The third-order valence-electron chi connectivity index (χ3n) is 10.0. The molecule has 6 aromatic rings. The average molecular weight is 946 g/mol. The first kappa shape index (κ1) is 38.0. The molecule has 0 radical (unpaired) electrons. The Morgan fingerprint density at radius 3 is 1.31 bits per heavy atom. The predicted molar refractivity (Wildman–Crippen MR) is 217 cm³/mol. The molecule has 10 nitrogen and oxygen atoms in total. The third kappa shape index (κ3) is 6.92. The molecule has 58 heavy (non-hydrogen) atoms. The van der Waals surface area contributed by atoms with E-state index in [1.807, 2.05) is 133 Å². The summed E-state index contributed by atoms with van der Waals surface area (Å²) < 4.78 is 28.0. The van der Waals surface area contributed by atoms with Crippen molar-refractivity contribution in [1.29, 1.82) is 0 Å². The van der Waals surface area contributed by atoms with Gasteiger partial charge < -0.3 is 33.5 Å². The van der Waals surface area contributed by atoms with Crippen LogP contribution in [0.3, 0.4) is 0 Å². The summed E-state index contributed by atoms with van der Waals surface area (Å²) in [7, 11) is 6.49. The van der Waals surface area contributed by atoms with Crippen molar-refractivity contribution >= 4 is 33.7 Å². The van der Waals surface area contributed by atoms with Crippen molar-refractivity contribution in [2.75, 3.05) is 28.4 Å². The van der Waals surface area contributed by atoms with Crippen molar-refractivity contribution in [2.45, 2.75) is 0 Å². The number of hydrogen-bond donors (Lipinski definition) is 0. The van der Waals surface area contributed by atoms with Crippen LogP contribution < -0.4 is 39.7 Å². The molecule has 4 aromatic carbocycles. The van der Waals surface area contributed by atoms with E-state index >= 15 is 0 Å². The molecule has 288 valence electrons. The summed E-state index contributed by atoms with van der Waals surface area (Å²) in [5.41, 5.74) is 8.53. The molecule has 0 N–H and O–H groups in total. The maximum absolute atomic E-state index is 14.1. The van der Waals surface area contributed by atoms with Crippen LogP contribution in [0.15, 0.2) is 159 Å². The van der Waals surface area contributed by atoms with E-state index in [0.29, 0.717) is 61.7 Å². The molecule has 0 aliphatic carbocycles. The largest absolute Gasteiger partial charge is 2.00 e. The van der Waals surface area contributed by atoms with Gasteiger partial charge in [-0.15, -0.1) is 10.7 Å². The van der Waals surface area contributed by atoms with Gasteiger partial charge in [0.2, 0.25) is 0 Å². The number of aromatic nitrogens is 2. The van der Waals surface area contributed by atoms with Gasteiger partial charge in [0.1, 0.15) is 28.9 Å². The predicted octanol–water partition coefficient (Wildman–Crippen LogP) is 6.39. The van der Waals surface area contributed by atoms with E-state index < -0.39 is 5.95 Å². The minimum atomic E-state index is -0.616. The smallest absolute Gasteiger partial charge is 0.657 e. The fourth-order valence-corrected chi connectivity index (χ4v) is 7.16. The molecule has 8 bridgehead atoms. The number of nitrogens with zero attached hydrogens (tertiary/aromatic N) is 4. The zero-order valence-electron chi connectivity index (χ0n) is 31.8. The second-order valence-electron chi connectivity index (χ2n) is 13.2. The Bertz CT molecular complexity index is 2860. The maximum Gasteiger partial charge on any atom is 2.00 e. The fourth-order valence-electron chi connectivity index (χ4n) is 7.16. The first-order valence-corrected chi connectivity index (χ1v) is 18.1. The molecular formula is C47H34N4O6Pt. The van der Waals surface area contributed by atoms with E-state index in [2.05, 4.69) is 0 Å². The van der Waals surface area contributed by atoms with E-state index in [9.17, 15) is 5.11 Å². The van der Waals surface area contributed by atoms with Gasteiger partial charge in [0, 0.05) is 16.7 Å². The van der Waals surface area contributed by atoms with Gasteiger partial charge >= 0.3 is 21.1 Å². The minimum Gasteiger partial charge on any atom is -0.657 e. The van der Waals surface area contributed by atoms with Crippen LogP contribution in [0.5, 0.6) is 28.9 Å². The Morgan fingerprint density at radius 2 is 0.845 bits per heavy atom. The van der Waals surface area contributed by atoms with Crippen molar-refractivity contribution in [3.05, 3.63) is 189 Å². The first-order valence-electron chi connectivity index (χ1n) is 18.1. The van der Waals surface area contributed by atoms with E-state index in [4.69, 9.17) is 43.3 Å². The van der Waals surface area contributed by atoms with E-state index in [1.54, 1.807) is 28.4 Å². The number of allylic oxidation sites excluding steroid dienone is 5. The monoisotopic (exact) mass is 945 g/mol. The number of benzene rings is 4. The molecule has 9 rings (SSSR count). The van der Waals surface area contributed by atoms with E-state index in [1.165, 1.54) is 0 Å². The summed E-state index contributed by atoms with van der Waals surface area (Å²) in [4.78, 5) is 20.7. The second-order valence-corrected chi connectivity index (χ2v) is 13.2. The third-order valence-corrected chi connectivity index (χ3v) is 10.0. The zero-order chi connectivity index (χ0) is 39.0. The molecule has 0 saturated heterocycles. The molecule has 0 saturated carbocycles. The van der Waals surface area contributed by atoms with Crippen LogP contribution in [-0.2, 0) is 21.1 Å². The Morgan fingerprint density at radius 1 is 0.466 bits per heavy atom. The topological polar surface area (TPSA) is 125 Å². The molecule has 3 aliphatic heterocycles. The van der Waals surface area contributed by atoms with Gasteiger partial charge in [0.05, 0.1) is 62.9 Å². The van der Waals surface area contributed by atoms with Crippen LogP contribution in [0.1, 0.15) is 33.8 Å². The number of fused-ring (bicyclic) bond motifs is 6.